The normalized spacial score (nSPS) is 21.4. The summed E-state index contributed by atoms with van der Waals surface area (Å²) >= 11 is 3.49. The van der Waals surface area contributed by atoms with Crippen molar-refractivity contribution in [2.45, 2.75) is 57.7 Å². The summed E-state index contributed by atoms with van der Waals surface area (Å²) in [6.07, 6.45) is 4.23. The highest BCUT2D eigenvalue weighted by Crippen LogP contribution is 2.40. The molecule has 0 radical (unpaired) electrons. The smallest absolute Gasteiger partial charge is 0.411 e. The van der Waals surface area contributed by atoms with E-state index in [1.807, 2.05) is 62.2 Å². The average molecular weight is 467 g/mol. The molecule has 30 heavy (non-hydrogen) atoms. The molecule has 2 atom stereocenters. The summed E-state index contributed by atoms with van der Waals surface area (Å²) in [4.78, 5) is 19.9. The largest absolute Gasteiger partial charge is 0.444 e. The van der Waals surface area contributed by atoms with E-state index in [0.717, 1.165) is 35.0 Å². The molecule has 0 saturated carbocycles. The van der Waals surface area contributed by atoms with Crippen LogP contribution in [-0.2, 0) is 4.74 Å². The lowest BCUT2D eigenvalue weighted by Gasteiger charge is -2.33. The predicted molar refractivity (Wildman–Crippen MR) is 124 cm³/mol. The highest BCUT2D eigenvalue weighted by molar-refractivity contribution is 9.10. The van der Waals surface area contributed by atoms with Crippen LogP contribution in [0.15, 0.2) is 70.3 Å². The molecule has 156 valence electrons. The van der Waals surface area contributed by atoms with Gasteiger partial charge in [-0.25, -0.2) is 4.79 Å². The van der Waals surface area contributed by atoms with Gasteiger partial charge < -0.3 is 4.74 Å². The number of rotatable bonds is 3. The standard InChI is InChI=1S/C25H27BrN2O2/c1-25(2,3)30-24(29)28-22(18-7-5-4-6-8-18)13-14-23(28)21-15-19(16-27-21)17-9-11-20(26)12-10-17/h4-12,16,22-23H,13-15H2,1-3H3/t22-,23+/m1/s1. The van der Waals surface area contributed by atoms with Crippen LogP contribution in [0.2, 0.25) is 0 Å². The van der Waals surface area contributed by atoms with E-state index in [2.05, 4.69) is 40.2 Å². The number of allylic oxidation sites excluding steroid dienone is 1. The number of aliphatic imine (C=N–C) groups is 1. The summed E-state index contributed by atoms with van der Waals surface area (Å²) in [5.41, 5.74) is 4.00. The van der Waals surface area contributed by atoms with E-state index in [0.29, 0.717) is 0 Å². The van der Waals surface area contributed by atoms with Crippen molar-refractivity contribution in [3.8, 4) is 0 Å². The van der Waals surface area contributed by atoms with Crippen LogP contribution in [0, 0.1) is 0 Å². The van der Waals surface area contributed by atoms with Gasteiger partial charge in [0.25, 0.3) is 0 Å². The molecule has 0 aromatic heterocycles. The van der Waals surface area contributed by atoms with E-state index < -0.39 is 5.60 Å². The van der Waals surface area contributed by atoms with Gasteiger partial charge in [0.2, 0.25) is 0 Å². The number of ether oxygens (including phenoxy) is 1. The van der Waals surface area contributed by atoms with Crippen molar-refractivity contribution in [3.63, 3.8) is 0 Å². The van der Waals surface area contributed by atoms with Crippen LogP contribution in [0.4, 0.5) is 4.79 Å². The molecule has 4 nitrogen and oxygen atoms in total. The third-order valence-corrected chi connectivity index (χ3v) is 6.06. The van der Waals surface area contributed by atoms with Gasteiger partial charge >= 0.3 is 6.09 Å². The molecular formula is C25H27BrN2O2. The third kappa shape index (κ3) is 4.51. The van der Waals surface area contributed by atoms with Crippen molar-refractivity contribution >= 4 is 33.3 Å². The van der Waals surface area contributed by atoms with Crippen molar-refractivity contribution in [1.82, 2.24) is 4.90 Å². The van der Waals surface area contributed by atoms with Crippen LogP contribution in [0.25, 0.3) is 5.57 Å². The Morgan fingerprint density at radius 3 is 2.37 bits per heavy atom. The second kappa shape index (κ2) is 8.38. The fourth-order valence-electron chi connectivity index (χ4n) is 4.20. The summed E-state index contributed by atoms with van der Waals surface area (Å²) in [7, 11) is 0. The monoisotopic (exact) mass is 466 g/mol. The van der Waals surface area contributed by atoms with Gasteiger partial charge in [0.15, 0.2) is 0 Å². The van der Waals surface area contributed by atoms with Gasteiger partial charge in [-0.15, -0.1) is 0 Å². The number of benzene rings is 2. The Morgan fingerprint density at radius 1 is 1.03 bits per heavy atom. The van der Waals surface area contributed by atoms with Gasteiger partial charge in [0.1, 0.15) is 5.60 Å². The van der Waals surface area contributed by atoms with E-state index in [4.69, 9.17) is 9.73 Å². The first-order valence-corrected chi connectivity index (χ1v) is 11.2. The van der Waals surface area contributed by atoms with Crippen molar-refractivity contribution in [2.75, 3.05) is 0 Å². The highest BCUT2D eigenvalue weighted by atomic mass is 79.9. The Balaban J connectivity index is 1.57. The van der Waals surface area contributed by atoms with E-state index in [9.17, 15) is 4.79 Å². The van der Waals surface area contributed by atoms with Gasteiger partial charge in [0.05, 0.1) is 12.1 Å². The molecule has 1 fully saturated rings. The minimum Gasteiger partial charge on any atom is -0.444 e. The lowest BCUT2D eigenvalue weighted by molar-refractivity contribution is 0.0189. The summed E-state index contributed by atoms with van der Waals surface area (Å²) < 4.78 is 6.86. The van der Waals surface area contributed by atoms with Crippen molar-refractivity contribution in [1.29, 1.82) is 0 Å². The van der Waals surface area contributed by atoms with E-state index >= 15 is 0 Å². The van der Waals surface area contributed by atoms with Gasteiger partial charge in [-0.05, 0) is 62.4 Å². The van der Waals surface area contributed by atoms with E-state index in [-0.39, 0.29) is 18.2 Å². The Hall–Kier alpha value is -2.40. The van der Waals surface area contributed by atoms with Gasteiger partial charge in [-0.1, -0.05) is 58.4 Å². The molecule has 2 aliphatic heterocycles. The second-order valence-corrected chi connectivity index (χ2v) is 9.78. The SMILES string of the molecule is CC(C)(C)OC(=O)N1[C@@H](c2ccccc2)CC[C@H]1C1=NC=C(c2ccc(Br)cc2)C1. The number of nitrogens with zero attached hydrogens (tertiary/aromatic N) is 2. The number of hydrogen-bond acceptors (Lipinski definition) is 3. The van der Waals surface area contributed by atoms with Gasteiger partial charge in [0, 0.05) is 22.8 Å². The summed E-state index contributed by atoms with van der Waals surface area (Å²) in [5, 5.41) is 0. The molecule has 2 heterocycles. The molecular weight excluding hydrogens is 440 g/mol. The Labute approximate surface area is 186 Å². The summed E-state index contributed by atoms with van der Waals surface area (Å²) in [6, 6.07) is 18.5. The molecule has 4 rings (SSSR count). The quantitative estimate of drug-likeness (QED) is 0.500. The Morgan fingerprint density at radius 2 is 1.70 bits per heavy atom. The lowest BCUT2D eigenvalue weighted by atomic mass is 9.99. The minimum atomic E-state index is -0.538. The molecule has 1 saturated heterocycles. The van der Waals surface area contributed by atoms with E-state index in [1.165, 1.54) is 11.1 Å². The number of amides is 1. The number of hydrogen-bond donors (Lipinski definition) is 0. The van der Waals surface area contributed by atoms with Crippen LogP contribution in [-0.4, -0.2) is 28.3 Å². The molecule has 2 aromatic rings. The molecule has 2 aliphatic rings. The van der Waals surface area contributed by atoms with Crippen LogP contribution in [0.3, 0.4) is 0 Å². The fraction of sp³-hybridized carbons (Fsp3) is 0.360. The first-order valence-electron chi connectivity index (χ1n) is 10.4. The summed E-state index contributed by atoms with van der Waals surface area (Å²) in [5.74, 6) is 0. The molecule has 0 spiro atoms. The molecule has 0 unspecified atom stereocenters. The first-order chi connectivity index (χ1) is 14.3. The van der Waals surface area contributed by atoms with Crippen molar-refractivity contribution < 1.29 is 9.53 Å². The molecule has 1 amide bonds. The Kier molecular flexibility index (Phi) is 5.83. The zero-order valence-corrected chi connectivity index (χ0v) is 19.2. The topological polar surface area (TPSA) is 41.9 Å². The maximum Gasteiger partial charge on any atom is 0.411 e. The second-order valence-electron chi connectivity index (χ2n) is 8.87. The maximum atomic E-state index is 13.2. The number of likely N-dealkylation sites (tertiary alicyclic amines) is 1. The summed E-state index contributed by atoms with van der Waals surface area (Å²) in [6.45, 7) is 5.73. The van der Waals surface area contributed by atoms with Crippen LogP contribution in [0.1, 0.15) is 57.2 Å². The van der Waals surface area contributed by atoms with E-state index in [1.54, 1.807) is 0 Å². The van der Waals surface area contributed by atoms with Crippen LogP contribution < -0.4 is 0 Å². The molecule has 0 bridgehead atoms. The molecule has 0 N–H and O–H groups in total. The lowest BCUT2D eigenvalue weighted by Crippen LogP contribution is -2.44. The fourth-order valence-corrected chi connectivity index (χ4v) is 4.47. The molecule has 0 aliphatic carbocycles. The van der Waals surface area contributed by atoms with Crippen LogP contribution >= 0.6 is 15.9 Å². The average Bonchev–Trinajstić information content (AvgIpc) is 3.35. The maximum absolute atomic E-state index is 13.2. The van der Waals surface area contributed by atoms with Crippen molar-refractivity contribution in [3.05, 3.63) is 76.4 Å². The number of halogens is 1. The van der Waals surface area contributed by atoms with Gasteiger partial charge in [-0.2, -0.15) is 0 Å². The van der Waals surface area contributed by atoms with Crippen molar-refractivity contribution in [2.24, 2.45) is 4.99 Å². The molecule has 2 aromatic carbocycles. The number of carbonyl (C=O) groups excluding carboxylic acids is 1. The first kappa shape index (κ1) is 20.9. The molecule has 5 heteroatoms. The Bertz CT molecular complexity index is 974. The predicted octanol–water partition coefficient (Wildman–Crippen LogP) is 6.78. The third-order valence-electron chi connectivity index (χ3n) is 5.53. The zero-order chi connectivity index (χ0) is 21.3. The van der Waals surface area contributed by atoms with Gasteiger partial charge in [-0.3, -0.25) is 9.89 Å². The number of carbonyl (C=O) groups is 1. The zero-order valence-electron chi connectivity index (χ0n) is 17.6. The minimum absolute atomic E-state index is 0.00507. The highest BCUT2D eigenvalue weighted by Gasteiger charge is 2.42. The van der Waals surface area contributed by atoms with Crippen LogP contribution in [0.5, 0.6) is 0 Å².